The van der Waals surface area contributed by atoms with Gasteiger partial charge in [-0.25, -0.2) is 4.79 Å². The number of carbonyl (C=O) groups excluding carboxylic acids is 3. The van der Waals surface area contributed by atoms with Gasteiger partial charge in [-0.2, -0.15) is 4.98 Å². The summed E-state index contributed by atoms with van der Waals surface area (Å²) in [6.45, 7) is 5.46. The van der Waals surface area contributed by atoms with Crippen LogP contribution in [0.3, 0.4) is 0 Å². The van der Waals surface area contributed by atoms with Gasteiger partial charge in [-0.05, 0) is 32.1 Å². The molecule has 1 saturated carbocycles. The van der Waals surface area contributed by atoms with E-state index in [1.54, 1.807) is 0 Å². The van der Waals surface area contributed by atoms with E-state index in [1.165, 1.54) is 13.3 Å². The zero-order valence-electron chi connectivity index (χ0n) is 20.4. The molecule has 1 N–H and O–H groups in total. The molecule has 0 bridgehead atoms. The van der Waals surface area contributed by atoms with Gasteiger partial charge in [0.15, 0.2) is 5.82 Å². The first kappa shape index (κ1) is 24.5. The maximum absolute atomic E-state index is 12.8. The van der Waals surface area contributed by atoms with Crippen molar-refractivity contribution in [1.82, 2.24) is 30.2 Å². The number of carbonyl (C=O) groups is 3. The van der Waals surface area contributed by atoms with Crippen LogP contribution in [0, 0.1) is 0 Å². The Hall–Kier alpha value is -2.65. The first-order valence-corrected chi connectivity index (χ1v) is 12.9. The zero-order chi connectivity index (χ0) is 24.0. The van der Waals surface area contributed by atoms with Gasteiger partial charge in [-0.15, -0.1) is 0 Å². The largest absolute Gasteiger partial charge is 0.343 e. The molecule has 1 aromatic rings. The summed E-state index contributed by atoms with van der Waals surface area (Å²) in [5, 5.41) is 7.28. The first-order valence-electron chi connectivity index (χ1n) is 12.9. The number of piperidine rings is 1. The van der Waals surface area contributed by atoms with E-state index < -0.39 is 5.54 Å². The Balaban J connectivity index is 1.27. The molecule has 1 aromatic heterocycles. The third-order valence-corrected chi connectivity index (χ3v) is 7.35. The molecule has 0 radical (unpaired) electrons. The number of aryl methyl sites for hydroxylation is 1. The van der Waals surface area contributed by atoms with Gasteiger partial charge in [-0.1, -0.05) is 30.8 Å². The summed E-state index contributed by atoms with van der Waals surface area (Å²) in [5.41, 5.74) is -0.578. The van der Waals surface area contributed by atoms with Crippen molar-refractivity contribution in [1.29, 1.82) is 0 Å². The average molecular weight is 475 g/mol. The van der Waals surface area contributed by atoms with Gasteiger partial charge in [0.05, 0.1) is 0 Å². The van der Waals surface area contributed by atoms with Crippen LogP contribution in [0.25, 0.3) is 0 Å². The highest BCUT2D eigenvalue weighted by Gasteiger charge is 2.38. The molecule has 2 saturated heterocycles. The molecule has 2 aliphatic heterocycles. The molecule has 188 valence electrons. The number of hydrogen-bond acceptors (Lipinski definition) is 6. The Morgan fingerprint density at radius 1 is 0.853 bits per heavy atom. The van der Waals surface area contributed by atoms with Crippen molar-refractivity contribution in [2.24, 2.45) is 0 Å². The summed E-state index contributed by atoms with van der Waals surface area (Å²) in [6, 6.07) is 0.108. The molecule has 10 nitrogen and oxygen atoms in total. The number of rotatable bonds is 5. The van der Waals surface area contributed by atoms with Gasteiger partial charge in [0.1, 0.15) is 5.54 Å². The predicted molar refractivity (Wildman–Crippen MR) is 125 cm³/mol. The number of aromatic nitrogens is 2. The Labute approximate surface area is 201 Å². The van der Waals surface area contributed by atoms with E-state index in [0.717, 1.165) is 64.5 Å². The smallest absolute Gasteiger partial charge is 0.320 e. The lowest BCUT2D eigenvalue weighted by atomic mass is 9.89. The highest BCUT2D eigenvalue weighted by Crippen LogP contribution is 2.34. The molecule has 1 aliphatic carbocycles. The minimum absolute atomic E-state index is 0.0378. The van der Waals surface area contributed by atoms with Crippen molar-refractivity contribution in [3.63, 3.8) is 0 Å². The van der Waals surface area contributed by atoms with Gasteiger partial charge in [0.2, 0.25) is 17.7 Å². The molecule has 0 aromatic carbocycles. The molecule has 0 atom stereocenters. The first-order chi connectivity index (χ1) is 16.5. The molecular formula is C24H38N6O4. The molecule has 10 heteroatoms. The highest BCUT2D eigenvalue weighted by atomic mass is 16.5. The SMILES string of the molecule is CC(=O)NC1(c2noc(CCC(=O)N3CCN(C(=O)N4CCCCC4)CC3)n2)CCCCCC1. The molecule has 0 spiro atoms. The summed E-state index contributed by atoms with van der Waals surface area (Å²) < 4.78 is 5.48. The minimum atomic E-state index is -0.578. The second kappa shape index (κ2) is 11.2. The molecule has 3 aliphatic rings. The minimum Gasteiger partial charge on any atom is -0.343 e. The van der Waals surface area contributed by atoms with E-state index in [-0.39, 0.29) is 24.3 Å². The fourth-order valence-corrected chi connectivity index (χ4v) is 5.43. The van der Waals surface area contributed by atoms with Crippen LogP contribution in [0.1, 0.15) is 82.8 Å². The summed E-state index contributed by atoms with van der Waals surface area (Å²) in [5.74, 6) is 0.894. The van der Waals surface area contributed by atoms with Crippen LogP contribution in [0.4, 0.5) is 4.79 Å². The van der Waals surface area contributed by atoms with Gasteiger partial charge in [0.25, 0.3) is 0 Å². The molecule has 4 amide bonds. The third kappa shape index (κ3) is 5.88. The summed E-state index contributed by atoms with van der Waals surface area (Å²) in [6.07, 6.45) is 9.89. The fourth-order valence-electron chi connectivity index (χ4n) is 5.43. The summed E-state index contributed by atoms with van der Waals surface area (Å²) in [4.78, 5) is 47.6. The molecule has 34 heavy (non-hydrogen) atoms. The third-order valence-electron chi connectivity index (χ3n) is 7.35. The number of nitrogens with zero attached hydrogens (tertiary/aromatic N) is 5. The monoisotopic (exact) mass is 474 g/mol. The van der Waals surface area contributed by atoms with E-state index in [9.17, 15) is 14.4 Å². The zero-order valence-corrected chi connectivity index (χ0v) is 20.4. The predicted octanol–water partition coefficient (Wildman–Crippen LogP) is 2.44. The van der Waals surface area contributed by atoms with Crippen molar-refractivity contribution in [3.05, 3.63) is 11.7 Å². The van der Waals surface area contributed by atoms with Crippen LogP contribution >= 0.6 is 0 Å². The van der Waals surface area contributed by atoms with Crippen LogP contribution in [-0.2, 0) is 21.5 Å². The number of amides is 4. The van der Waals surface area contributed by atoms with Crippen LogP contribution in [0.2, 0.25) is 0 Å². The van der Waals surface area contributed by atoms with Gasteiger partial charge >= 0.3 is 6.03 Å². The quantitative estimate of drug-likeness (QED) is 0.656. The van der Waals surface area contributed by atoms with E-state index in [1.807, 2.05) is 14.7 Å². The number of urea groups is 1. The van der Waals surface area contributed by atoms with Crippen molar-refractivity contribution in [2.45, 2.75) is 83.1 Å². The Morgan fingerprint density at radius 2 is 1.44 bits per heavy atom. The molecule has 0 unspecified atom stereocenters. The Morgan fingerprint density at radius 3 is 2.09 bits per heavy atom. The van der Waals surface area contributed by atoms with E-state index in [2.05, 4.69) is 15.5 Å². The average Bonchev–Trinajstić information content (AvgIpc) is 3.22. The molecular weight excluding hydrogens is 436 g/mol. The number of nitrogens with one attached hydrogen (secondary N) is 1. The lowest BCUT2D eigenvalue weighted by Gasteiger charge is -2.38. The van der Waals surface area contributed by atoms with Gasteiger partial charge < -0.3 is 24.5 Å². The van der Waals surface area contributed by atoms with Crippen molar-refractivity contribution < 1.29 is 18.9 Å². The number of likely N-dealkylation sites (tertiary alicyclic amines) is 1. The van der Waals surface area contributed by atoms with Crippen LogP contribution in [-0.4, -0.2) is 82.0 Å². The normalized spacial score (nSPS) is 21.1. The number of hydrogen-bond donors (Lipinski definition) is 1. The van der Waals surface area contributed by atoms with Crippen LogP contribution in [0.15, 0.2) is 4.52 Å². The topological polar surface area (TPSA) is 112 Å². The van der Waals surface area contributed by atoms with Gasteiger partial charge in [0, 0.05) is 59.0 Å². The van der Waals surface area contributed by atoms with Crippen molar-refractivity contribution in [3.8, 4) is 0 Å². The van der Waals surface area contributed by atoms with E-state index >= 15 is 0 Å². The maximum atomic E-state index is 12.8. The molecule has 4 rings (SSSR count). The highest BCUT2D eigenvalue weighted by molar-refractivity contribution is 5.78. The van der Waals surface area contributed by atoms with Gasteiger partial charge in [-0.3, -0.25) is 9.59 Å². The summed E-state index contributed by atoms with van der Waals surface area (Å²) >= 11 is 0. The summed E-state index contributed by atoms with van der Waals surface area (Å²) in [7, 11) is 0. The Bertz CT molecular complexity index is 849. The lowest BCUT2D eigenvalue weighted by molar-refractivity contribution is -0.132. The fraction of sp³-hybridized carbons (Fsp3) is 0.792. The number of piperazine rings is 1. The van der Waals surface area contributed by atoms with E-state index in [4.69, 9.17) is 4.52 Å². The second-order valence-corrected chi connectivity index (χ2v) is 9.89. The van der Waals surface area contributed by atoms with Crippen LogP contribution < -0.4 is 5.32 Å². The molecule has 3 heterocycles. The second-order valence-electron chi connectivity index (χ2n) is 9.89. The van der Waals surface area contributed by atoms with E-state index in [0.29, 0.717) is 44.3 Å². The van der Waals surface area contributed by atoms with Crippen molar-refractivity contribution in [2.75, 3.05) is 39.3 Å². The maximum Gasteiger partial charge on any atom is 0.320 e. The lowest BCUT2D eigenvalue weighted by Crippen LogP contribution is -2.54. The standard InChI is InChI=1S/C24H38N6O4/c1-19(31)26-24(11-5-2-3-6-12-24)22-25-20(34-27-22)9-10-21(32)28-15-17-30(18-16-28)23(33)29-13-7-4-8-14-29/h2-18H2,1H3,(H,26,31). The Kier molecular flexibility index (Phi) is 8.05. The van der Waals surface area contributed by atoms with Crippen molar-refractivity contribution >= 4 is 17.8 Å². The molecule has 3 fully saturated rings. The van der Waals surface area contributed by atoms with Crippen LogP contribution in [0.5, 0.6) is 0 Å².